The van der Waals surface area contributed by atoms with Gasteiger partial charge in [0.15, 0.2) is 6.10 Å². The normalized spacial score (nSPS) is 19.9. The lowest BCUT2D eigenvalue weighted by Crippen LogP contribution is -2.44. The van der Waals surface area contributed by atoms with E-state index in [4.69, 9.17) is 14.6 Å². The standard InChI is InChI=1S/C11H21NO4/c1-3-16-10(11(13)14)8-12(2)9-4-6-15-7-5-9/h9-10H,3-8H2,1-2H3,(H,13,14). The Hall–Kier alpha value is -0.650. The molecular weight excluding hydrogens is 210 g/mol. The fraction of sp³-hybridized carbons (Fsp3) is 0.909. The largest absolute Gasteiger partial charge is 0.479 e. The lowest BCUT2D eigenvalue weighted by Gasteiger charge is -2.32. The Bertz CT molecular complexity index is 216. The molecule has 1 fully saturated rings. The van der Waals surface area contributed by atoms with E-state index in [9.17, 15) is 4.79 Å². The first kappa shape index (κ1) is 13.4. The highest BCUT2D eigenvalue weighted by molar-refractivity contribution is 5.72. The molecule has 0 radical (unpaired) electrons. The van der Waals surface area contributed by atoms with Gasteiger partial charge in [0.05, 0.1) is 0 Å². The molecule has 1 saturated heterocycles. The second kappa shape index (κ2) is 6.83. The molecule has 1 N–H and O–H groups in total. The Morgan fingerprint density at radius 2 is 2.19 bits per heavy atom. The van der Waals surface area contributed by atoms with Gasteiger partial charge in [0.2, 0.25) is 0 Å². The molecule has 0 saturated carbocycles. The van der Waals surface area contributed by atoms with Crippen molar-refractivity contribution < 1.29 is 19.4 Å². The van der Waals surface area contributed by atoms with Gasteiger partial charge in [-0.25, -0.2) is 4.79 Å². The molecule has 1 rings (SSSR count). The summed E-state index contributed by atoms with van der Waals surface area (Å²) in [7, 11) is 1.95. The molecule has 0 spiro atoms. The molecule has 1 aliphatic rings. The average molecular weight is 231 g/mol. The first-order chi connectivity index (χ1) is 7.65. The molecular formula is C11H21NO4. The number of hydrogen-bond acceptors (Lipinski definition) is 4. The van der Waals surface area contributed by atoms with Crippen LogP contribution in [0.15, 0.2) is 0 Å². The second-order valence-electron chi connectivity index (χ2n) is 4.07. The van der Waals surface area contributed by atoms with Gasteiger partial charge in [-0.15, -0.1) is 0 Å². The molecule has 0 aromatic carbocycles. The van der Waals surface area contributed by atoms with E-state index in [1.54, 1.807) is 0 Å². The summed E-state index contributed by atoms with van der Waals surface area (Å²) in [5.74, 6) is -0.888. The minimum atomic E-state index is -0.888. The first-order valence-corrected chi connectivity index (χ1v) is 5.77. The fourth-order valence-electron chi connectivity index (χ4n) is 1.94. The Morgan fingerprint density at radius 3 is 2.69 bits per heavy atom. The maximum Gasteiger partial charge on any atom is 0.334 e. The van der Waals surface area contributed by atoms with Crippen LogP contribution in [0.3, 0.4) is 0 Å². The van der Waals surface area contributed by atoms with Crippen LogP contribution < -0.4 is 0 Å². The summed E-state index contributed by atoms with van der Waals surface area (Å²) >= 11 is 0. The predicted molar refractivity (Wildman–Crippen MR) is 59.5 cm³/mol. The number of hydrogen-bond donors (Lipinski definition) is 1. The number of carboxylic acid groups (broad SMARTS) is 1. The molecule has 0 bridgehead atoms. The van der Waals surface area contributed by atoms with Crippen LogP contribution in [0, 0.1) is 0 Å². The molecule has 0 amide bonds. The third kappa shape index (κ3) is 4.08. The van der Waals surface area contributed by atoms with Crippen LogP contribution in [0.25, 0.3) is 0 Å². The molecule has 1 unspecified atom stereocenters. The third-order valence-corrected chi connectivity index (χ3v) is 2.91. The minimum absolute atomic E-state index is 0.413. The van der Waals surface area contributed by atoms with E-state index >= 15 is 0 Å². The monoisotopic (exact) mass is 231 g/mol. The Kier molecular flexibility index (Phi) is 5.73. The molecule has 5 heteroatoms. The second-order valence-corrected chi connectivity index (χ2v) is 4.07. The van der Waals surface area contributed by atoms with E-state index in [0.717, 1.165) is 26.1 Å². The predicted octanol–water partition coefficient (Wildman–Crippen LogP) is 0.587. The van der Waals surface area contributed by atoms with Gasteiger partial charge < -0.3 is 19.5 Å². The van der Waals surface area contributed by atoms with Crippen LogP contribution >= 0.6 is 0 Å². The van der Waals surface area contributed by atoms with E-state index in [1.165, 1.54) is 0 Å². The molecule has 0 aromatic heterocycles. The van der Waals surface area contributed by atoms with Crippen LogP contribution in [0.2, 0.25) is 0 Å². The minimum Gasteiger partial charge on any atom is -0.479 e. The van der Waals surface area contributed by atoms with Gasteiger partial charge in [-0.2, -0.15) is 0 Å². The lowest BCUT2D eigenvalue weighted by atomic mass is 10.1. The van der Waals surface area contributed by atoms with Gasteiger partial charge in [-0.3, -0.25) is 0 Å². The van der Waals surface area contributed by atoms with Crippen LogP contribution in [0.5, 0.6) is 0 Å². The topological polar surface area (TPSA) is 59.0 Å². The fourth-order valence-corrected chi connectivity index (χ4v) is 1.94. The van der Waals surface area contributed by atoms with Gasteiger partial charge in [-0.1, -0.05) is 0 Å². The maximum absolute atomic E-state index is 10.9. The summed E-state index contributed by atoms with van der Waals surface area (Å²) in [6.45, 7) is 4.21. The highest BCUT2D eigenvalue weighted by Gasteiger charge is 2.24. The van der Waals surface area contributed by atoms with Gasteiger partial charge in [0, 0.05) is 32.4 Å². The number of nitrogens with zero attached hydrogens (tertiary/aromatic N) is 1. The number of carboxylic acids is 1. The van der Waals surface area contributed by atoms with Gasteiger partial charge in [-0.05, 0) is 26.8 Å². The highest BCUT2D eigenvalue weighted by Crippen LogP contribution is 2.13. The van der Waals surface area contributed by atoms with Crippen molar-refractivity contribution in [3.63, 3.8) is 0 Å². The summed E-state index contributed by atoms with van der Waals surface area (Å²) in [6.07, 6.45) is 1.21. The first-order valence-electron chi connectivity index (χ1n) is 5.77. The smallest absolute Gasteiger partial charge is 0.334 e. The Labute approximate surface area is 96.3 Å². The Balaban J connectivity index is 2.39. The highest BCUT2D eigenvalue weighted by atomic mass is 16.5. The van der Waals surface area contributed by atoms with Crippen LogP contribution in [0.1, 0.15) is 19.8 Å². The summed E-state index contributed by atoms with van der Waals surface area (Å²) < 4.78 is 10.5. The summed E-state index contributed by atoms with van der Waals surface area (Å²) in [5.41, 5.74) is 0. The van der Waals surface area contributed by atoms with E-state index < -0.39 is 12.1 Å². The van der Waals surface area contributed by atoms with Crippen LogP contribution in [-0.2, 0) is 14.3 Å². The molecule has 0 aliphatic carbocycles. The van der Waals surface area contributed by atoms with Crippen molar-refractivity contribution in [2.45, 2.75) is 31.9 Å². The third-order valence-electron chi connectivity index (χ3n) is 2.91. The molecule has 0 aromatic rings. The van der Waals surface area contributed by atoms with Crippen molar-refractivity contribution in [2.24, 2.45) is 0 Å². The van der Waals surface area contributed by atoms with E-state index in [0.29, 0.717) is 19.2 Å². The lowest BCUT2D eigenvalue weighted by molar-refractivity contribution is -0.151. The molecule has 94 valence electrons. The van der Waals surface area contributed by atoms with Gasteiger partial charge in [0.1, 0.15) is 0 Å². The zero-order valence-electron chi connectivity index (χ0n) is 10.0. The van der Waals surface area contributed by atoms with Crippen molar-refractivity contribution in [1.29, 1.82) is 0 Å². The SMILES string of the molecule is CCOC(CN(C)C1CCOCC1)C(=O)O. The van der Waals surface area contributed by atoms with Gasteiger partial charge >= 0.3 is 5.97 Å². The zero-order valence-corrected chi connectivity index (χ0v) is 10.0. The van der Waals surface area contributed by atoms with Crippen molar-refractivity contribution in [3.8, 4) is 0 Å². The molecule has 16 heavy (non-hydrogen) atoms. The number of aliphatic carboxylic acids is 1. The van der Waals surface area contributed by atoms with Crippen LogP contribution in [-0.4, -0.2) is 61.5 Å². The van der Waals surface area contributed by atoms with Crippen molar-refractivity contribution in [3.05, 3.63) is 0 Å². The average Bonchev–Trinajstić information content (AvgIpc) is 2.29. The number of ether oxygens (including phenoxy) is 2. The van der Waals surface area contributed by atoms with Crippen LogP contribution in [0.4, 0.5) is 0 Å². The summed E-state index contributed by atoms with van der Waals surface area (Å²) in [4.78, 5) is 13.0. The van der Waals surface area contributed by atoms with Gasteiger partial charge in [0.25, 0.3) is 0 Å². The molecule has 5 nitrogen and oxygen atoms in total. The number of carbonyl (C=O) groups is 1. The number of likely N-dealkylation sites (N-methyl/N-ethyl adjacent to an activating group) is 1. The van der Waals surface area contributed by atoms with E-state index in [-0.39, 0.29) is 0 Å². The van der Waals surface area contributed by atoms with Crippen molar-refractivity contribution >= 4 is 5.97 Å². The van der Waals surface area contributed by atoms with E-state index in [1.807, 2.05) is 14.0 Å². The quantitative estimate of drug-likeness (QED) is 0.725. The summed E-state index contributed by atoms with van der Waals surface area (Å²) in [6, 6.07) is 0.413. The van der Waals surface area contributed by atoms with Crippen molar-refractivity contribution in [1.82, 2.24) is 4.90 Å². The zero-order chi connectivity index (χ0) is 12.0. The van der Waals surface area contributed by atoms with E-state index in [2.05, 4.69) is 4.90 Å². The maximum atomic E-state index is 10.9. The molecule has 1 atom stereocenters. The summed E-state index contributed by atoms with van der Waals surface area (Å²) in [5, 5.41) is 8.98. The van der Waals surface area contributed by atoms with Crippen molar-refractivity contribution in [2.75, 3.05) is 33.4 Å². The number of rotatable bonds is 6. The Morgan fingerprint density at radius 1 is 1.56 bits per heavy atom. The molecule has 1 aliphatic heterocycles. The molecule has 1 heterocycles.